The first kappa shape index (κ1) is 27.4. The third kappa shape index (κ3) is 15.4. The van der Waals surface area contributed by atoms with Gasteiger partial charge >= 0.3 is 41.5 Å². The third-order valence-electron chi connectivity index (χ3n) is 4.91. The molecule has 1 heterocycles. The first-order chi connectivity index (χ1) is 13.2. The van der Waals surface area contributed by atoms with Gasteiger partial charge in [0.25, 0.3) is 0 Å². The number of carbonyl (C=O) groups excluding carboxylic acids is 2. The molecule has 1 aromatic rings. The van der Waals surface area contributed by atoms with Crippen molar-refractivity contribution in [3.63, 3.8) is 0 Å². The molecule has 0 aliphatic rings. The van der Waals surface area contributed by atoms with E-state index in [1.807, 2.05) is 0 Å². The van der Waals surface area contributed by atoms with Crippen molar-refractivity contribution in [2.75, 3.05) is 0 Å². The Kier molecular flexibility index (Phi) is 19.3. The molecule has 1 rings (SSSR count). The molecule has 4 nitrogen and oxygen atoms in total. The minimum atomic E-state index is -0.703. The summed E-state index contributed by atoms with van der Waals surface area (Å²) in [5.41, 5.74) is 0. The van der Waals surface area contributed by atoms with Gasteiger partial charge in [-0.3, -0.25) is 4.79 Å². The second kappa shape index (κ2) is 19.7. The molecule has 28 heavy (non-hydrogen) atoms. The molecule has 0 unspecified atom stereocenters. The van der Waals surface area contributed by atoms with Crippen LogP contribution in [-0.2, 0) is 9.53 Å². The minimum Gasteiger partial charge on any atom is -1.00 e. The van der Waals surface area contributed by atoms with E-state index < -0.39 is 11.9 Å². The van der Waals surface area contributed by atoms with Crippen molar-refractivity contribution in [3.05, 3.63) is 24.2 Å². The quantitative estimate of drug-likeness (QED) is 0.168. The molecule has 5 heteroatoms. The summed E-state index contributed by atoms with van der Waals surface area (Å²) in [4.78, 5) is 23.1. The summed E-state index contributed by atoms with van der Waals surface area (Å²) < 4.78 is 9.64. The van der Waals surface area contributed by atoms with Crippen molar-refractivity contribution < 1.29 is 49.7 Å². The van der Waals surface area contributed by atoms with Gasteiger partial charge in [0, 0.05) is 6.42 Å². The van der Waals surface area contributed by atoms with Crippen LogP contribution in [0, 0.1) is 0 Å². The van der Waals surface area contributed by atoms with Crippen molar-refractivity contribution >= 4 is 11.9 Å². The Morgan fingerprint density at radius 3 is 1.71 bits per heavy atom. The van der Waals surface area contributed by atoms with E-state index in [1.165, 1.54) is 89.4 Å². The van der Waals surface area contributed by atoms with Crippen LogP contribution in [0.2, 0.25) is 0 Å². The van der Waals surface area contributed by atoms with Crippen LogP contribution < -0.4 is 29.6 Å². The zero-order valence-corrected chi connectivity index (χ0v) is 20.2. The molecular formula is C23H39NaO4. The van der Waals surface area contributed by atoms with Gasteiger partial charge < -0.3 is 10.6 Å². The summed E-state index contributed by atoms with van der Waals surface area (Å²) in [5.74, 6) is -1.10. The number of hydrogen-bond acceptors (Lipinski definition) is 4. The van der Waals surface area contributed by atoms with Gasteiger partial charge in [0.05, 0.1) is 6.26 Å². The molecule has 0 aromatic carbocycles. The molecule has 0 saturated heterocycles. The van der Waals surface area contributed by atoms with Crippen LogP contribution in [0.3, 0.4) is 0 Å². The monoisotopic (exact) mass is 402 g/mol. The van der Waals surface area contributed by atoms with E-state index in [0.29, 0.717) is 6.42 Å². The second-order valence-corrected chi connectivity index (χ2v) is 7.44. The molecule has 0 aliphatic heterocycles. The maximum Gasteiger partial charge on any atom is 1.00 e. The summed E-state index contributed by atoms with van der Waals surface area (Å²) in [6.45, 7) is 2.26. The maximum absolute atomic E-state index is 11.6. The number of hydrogen-bond donors (Lipinski definition) is 0. The average Bonchev–Trinajstić information content (AvgIpc) is 3.20. The molecule has 0 fully saturated rings. The molecule has 156 valence electrons. The fourth-order valence-electron chi connectivity index (χ4n) is 3.24. The SMILES string of the molecule is CCCCCCCCCCCCCCCCCC(=O)OC(=O)c1ccco1.[H-].[Na+]. The first-order valence-corrected chi connectivity index (χ1v) is 11.0. The molecule has 0 spiro atoms. The van der Waals surface area contributed by atoms with Crippen LogP contribution >= 0.6 is 0 Å². The molecule has 0 saturated carbocycles. The van der Waals surface area contributed by atoms with Crippen molar-refractivity contribution in [2.24, 2.45) is 0 Å². The van der Waals surface area contributed by atoms with Gasteiger partial charge in [0.2, 0.25) is 5.76 Å². The molecule has 0 N–H and O–H groups in total. The fourth-order valence-corrected chi connectivity index (χ4v) is 3.24. The molecule has 0 amide bonds. The van der Waals surface area contributed by atoms with E-state index in [-0.39, 0.29) is 36.7 Å². The number of carbonyl (C=O) groups is 2. The van der Waals surface area contributed by atoms with Gasteiger partial charge in [-0.05, 0) is 18.6 Å². The van der Waals surface area contributed by atoms with Crippen molar-refractivity contribution in [2.45, 2.75) is 110 Å². The van der Waals surface area contributed by atoms with Crippen LogP contribution in [0.25, 0.3) is 0 Å². The van der Waals surface area contributed by atoms with Crippen LogP contribution in [0.15, 0.2) is 22.8 Å². The average molecular weight is 403 g/mol. The number of ether oxygens (including phenoxy) is 1. The number of unbranched alkanes of at least 4 members (excludes halogenated alkanes) is 14. The largest absolute Gasteiger partial charge is 1.00 e. The molecule has 1 aromatic heterocycles. The summed E-state index contributed by atoms with van der Waals surface area (Å²) in [6, 6.07) is 3.08. The second-order valence-electron chi connectivity index (χ2n) is 7.44. The summed E-state index contributed by atoms with van der Waals surface area (Å²) >= 11 is 0. The number of rotatable bonds is 17. The van der Waals surface area contributed by atoms with Crippen molar-refractivity contribution in [3.8, 4) is 0 Å². The maximum atomic E-state index is 11.6. The van der Waals surface area contributed by atoms with Gasteiger partial charge in [0.1, 0.15) is 0 Å². The third-order valence-corrected chi connectivity index (χ3v) is 4.91. The zero-order chi connectivity index (χ0) is 19.6. The molecular weight excluding hydrogens is 363 g/mol. The normalized spacial score (nSPS) is 10.5. The Labute approximate surface area is 194 Å². The van der Waals surface area contributed by atoms with Crippen LogP contribution in [0.4, 0.5) is 0 Å². The van der Waals surface area contributed by atoms with E-state index in [2.05, 4.69) is 6.92 Å². The van der Waals surface area contributed by atoms with E-state index >= 15 is 0 Å². The van der Waals surface area contributed by atoms with E-state index in [0.717, 1.165) is 19.3 Å². The van der Waals surface area contributed by atoms with Gasteiger partial charge in [-0.25, -0.2) is 4.79 Å². The number of furan rings is 1. The van der Waals surface area contributed by atoms with Crippen molar-refractivity contribution in [1.82, 2.24) is 0 Å². The zero-order valence-electron chi connectivity index (χ0n) is 19.2. The van der Waals surface area contributed by atoms with E-state index in [1.54, 1.807) is 6.07 Å². The van der Waals surface area contributed by atoms with Gasteiger partial charge in [-0.15, -0.1) is 0 Å². The summed E-state index contributed by atoms with van der Waals surface area (Å²) in [5, 5.41) is 0. The predicted molar refractivity (Wildman–Crippen MR) is 110 cm³/mol. The number of esters is 2. The first-order valence-electron chi connectivity index (χ1n) is 11.0. The van der Waals surface area contributed by atoms with Crippen molar-refractivity contribution in [1.29, 1.82) is 0 Å². The standard InChI is InChI=1S/C23H38O4.Na.H/c1-2-3-4-5-6-7-8-9-10-11-12-13-14-15-16-19-22(24)27-23(25)21-18-17-20-26-21;;/h17-18,20H,2-16,19H2,1H3;;/q;+1;-1. The Morgan fingerprint density at radius 1 is 0.821 bits per heavy atom. The molecule has 0 aliphatic carbocycles. The Bertz CT molecular complexity index is 491. The van der Waals surface area contributed by atoms with Gasteiger partial charge in [0.15, 0.2) is 0 Å². The Balaban J connectivity index is 0. The predicted octanol–water partition coefficient (Wildman–Crippen LogP) is 4.34. The molecule has 0 bridgehead atoms. The molecule has 0 atom stereocenters. The topological polar surface area (TPSA) is 56.5 Å². The Hall–Kier alpha value is -0.580. The van der Waals surface area contributed by atoms with Crippen LogP contribution in [-0.4, -0.2) is 11.9 Å². The van der Waals surface area contributed by atoms with Gasteiger partial charge in [-0.2, -0.15) is 0 Å². The Morgan fingerprint density at radius 2 is 1.29 bits per heavy atom. The molecule has 0 radical (unpaired) electrons. The summed E-state index contributed by atoms with van der Waals surface area (Å²) in [6.07, 6.45) is 21.0. The van der Waals surface area contributed by atoms with E-state index in [9.17, 15) is 9.59 Å². The van der Waals surface area contributed by atoms with E-state index in [4.69, 9.17) is 9.15 Å². The smallest absolute Gasteiger partial charge is 1.00 e. The minimum absolute atomic E-state index is 0. The van der Waals surface area contributed by atoms with Gasteiger partial charge in [-0.1, -0.05) is 96.8 Å². The van der Waals surface area contributed by atoms with Crippen LogP contribution in [0.5, 0.6) is 0 Å². The van der Waals surface area contributed by atoms with Crippen LogP contribution in [0.1, 0.15) is 122 Å². The fraction of sp³-hybridized carbons (Fsp3) is 0.739. The summed E-state index contributed by atoms with van der Waals surface area (Å²) in [7, 11) is 0.